The van der Waals surface area contributed by atoms with Gasteiger partial charge in [-0.3, -0.25) is 19.3 Å². The maximum atomic E-state index is 12.9. The van der Waals surface area contributed by atoms with Crippen LogP contribution in [0.25, 0.3) is 0 Å². The van der Waals surface area contributed by atoms with E-state index in [1.165, 1.54) is 18.2 Å². The molecule has 3 aromatic carbocycles. The van der Waals surface area contributed by atoms with E-state index in [9.17, 15) is 19.2 Å². The number of carbonyl (C=O) groups is 4. The summed E-state index contributed by atoms with van der Waals surface area (Å²) in [6, 6.07) is 20.8. The van der Waals surface area contributed by atoms with Gasteiger partial charge in [0.25, 0.3) is 17.7 Å². The minimum atomic E-state index is -0.762. The Bertz CT molecular complexity index is 1330. The van der Waals surface area contributed by atoms with E-state index in [-0.39, 0.29) is 23.2 Å². The molecular formula is C28H25N3O6. The highest BCUT2D eigenvalue weighted by Crippen LogP contribution is 2.26. The van der Waals surface area contributed by atoms with Crippen LogP contribution >= 0.6 is 0 Å². The van der Waals surface area contributed by atoms with Crippen LogP contribution in [-0.4, -0.2) is 61.5 Å². The van der Waals surface area contributed by atoms with Crippen molar-refractivity contribution in [1.29, 1.82) is 0 Å². The number of esters is 1. The summed E-state index contributed by atoms with van der Waals surface area (Å²) in [6.07, 6.45) is 0. The van der Waals surface area contributed by atoms with Gasteiger partial charge in [0.05, 0.1) is 36.4 Å². The van der Waals surface area contributed by atoms with E-state index in [4.69, 9.17) is 9.47 Å². The molecule has 1 N–H and O–H groups in total. The highest BCUT2D eigenvalue weighted by molar-refractivity contribution is 6.21. The summed E-state index contributed by atoms with van der Waals surface area (Å²) in [5.74, 6) is -2.14. The van der Waals surface area contributed by atoms with Crippen molar-refractivity contribution in [2.45, 2.75) is 6.54 Å². The van der Waals surface area contributed by atoms with E-state index in [1.807, 2.05) is 42.5 Å². The lowest BCUT2D eigenvalue weighted by Gasteiger charge is -2.28. The molecule has 9 nitrogen and oxygen atoms in total. The van der Waals surface area contributed by atoms with Crippen LogP contribution in [-0.2, 0) is 20.8 Å². The molecule has 0 atom stereocenters. The molecule has 1 saturated heterocycles. The number of benzene rings is 3. The van der Waals surface area contributed by atoms with Crippen molar-refractivity contribution in [3.63, 3.8) is 0 Å². The second kappa shape index (κ2) is 10.6. The Morgan fingerprint density at radius 3 is 2.30 bits per heavy atom. The Morgan fingerprint density at radius 1 is 0.865 bits per heavy atom. The Hall–Kier alpha value is -4.50. The van der Waals surface area contributed by atoms with Crippen LogP contribution in [0.5, 0.6) is 0 Å². The molecule has 0 spiro atoms. The van der Waals surface area contributed by atoms with Crippen LogP contribution in [0.1, 0.15) is 36.6 Å². The number of imide groups is 1. The molecule has 2 aliphatic heterocycles. The van der Waals surface area contributed by atoms with Gasteiger partial charge in [-0.15, -0.1) is 0 Å². The Morgan fingerprint density at radius 2 is 1.57 bits per heavy atom. The fraction of sp³-hybridized carbons (Fsp3) is 0.214. The Kier molecular flexibility index (Phi) is 6.96. The molecule has 0 aliphatic carbocycles. The third-order valence-corrected chi connectivity index (χ3v) is 6.25. The summed E-state index contributed by atoms with van der Waals surface area (Å²) in [5.41, 5.74) is 2.90. The molecule has 37 heavy (non-hydrogen) atoms. The number of morpholine rings is 1. The van der Waals surface area contributed by atoms with Crippen LogP contribution in [0.3, 0.4) is 0 Å². The van der Waals surface area contributed by atoms with Crippen LogP contribution < -0.4 is 10.2 Å². The maximum Gasteiger partial charge on any atom is 0.338 e. The molecule has 0 aromatic heterocycles. The minimum Gasteiger partial charge on any atom is -0.452 e. The van der Waals surface area contributed by atoms with Crippen molar-refractivity contribution in [2.75, 3.05) is 43.1 Å². The van der Waals surface area contributed by atoms with Crippen molar-refractivity contribution in [3.8, 4) is 0 Å². The van der Waals surface area contributed by atoms with Crippen molar-refractivity contribution in [3.05, 3.63) is 95.1 Å². The van der Waals surface area contributed by atoms with Crippen LogP contribution in [0.2, 0.25) is 0 Å². The Labute approximate surface area is 213 Å². The number of amides is 3. The van der Waals surface area contributed by atoms with Gasteiger partial charge in [-0.05, 0) is 48.0 Å². The average Bonchev–Trinajstić information content (AvgIpc) is 3.17. The molecule has 3 aromatic rings. The van der Waals surface area contributed by atoms with E-state index >= 15 is 0 Å². The number of hydrogen-bond acceptors (Lipinski definition) is 7. The van der Waals surface area contributed by atoms with Crippen molar-refractivity contribution < 1.29 is 28.7 Å². The SMILES string of the molecule is O=C(COC(=O)c1ccc2c(c1)C(=O)N(Cc1ccccc1)C2=O)Nc1ccc(N2CCOCC2)cc1. The van der Waals surface area contributed by atoms with Gasteiger partial charge in [0.1, 0.15) is 0 Å². The van der Waals surface area contributed by atoms with Gasteiger partial charge in [-0.25, -0.2) is 4.79 Å². The number of ether oxygens (including phenoxy) is 2. The number of nitrogens with zero attached hydrogens (tertiary/aromatic N) is 2. The maximum absolute atomic E-state index is 12.9. The fourth-order valence-corrected chi connectivity index (χ4v) is 4.32. The Balaban J connectivity index is 1.16. The van der Waals surface area contributed by atoms with Gasteiger partial charge < -0.3 is 19.7 Å². The molecule has 9 heteroatoms. The number of hydrogen-bond donors (Lipinski definition) is 1. The third kappa shape index (κ3) is 5.36. The molecule has 0 bridgehead atoms. The second-order valence-corrected chi connectivity index (χ2v) is 8.71. The first kappa shape index (κ1) is 24.2. The van der Waals surface area contributed by atoms with Crippen molar-refractivity contribution >= 4 is 35.1 Å². The summed E-state index contributed by atoms with van der Waals surface area (Å²) >= 11 is 0. The number of carbonyl (C=O) groups excluding carboxylic acids is 4. The molecule has 0 saturated carbocycles. The molecule has 0 unspecified atom stereocenters. The van der Waals surface area contributed by atoms with Gasteiger partial charge in [-0.1, -0.05) is 30.3 Å². The van der Waals surface area contributed by atoms with Gasteiger partial charge in [0, 0.05) is 24.5 Å². The summed E-state index contributed by atoms with van der Waals surface area (Å²) < 4.78 is 10.5. The second-order valence-electron chi connectivity index (χ2n) is 8.71. The number of fused-ring (bicyclic) bond motifs is 1. The zero-order valence-corrected chi connectivity index (χ0v) is 20.0. The first-order valence-corrected chi connectivity index (χ1v) is 11.9. The van der Waals surface area contributed by atoms with Crippen LogP contribution in [0.4, 0.5) is 11.4 Å². The lowest BCUT2D eigenvalue weighted by molar-refractivity contribution is -0.119. The summed E-state index contributed by atoms with van der Waals surface area (Å²) in [6.45, 7) is 2.65. The summed E-state index contributed by atoms with van der Waals surface area (Å²) in [4.78, 5) is 53.8. The van der Waals surface area contributed by atoms with E-state index in [0.717, 1.165) is 29.2 Å². The zero-order chi connectivity index (χ0) is 25.8. The van der Waals surface area contributed by atoms with Gasteiger partial charge in [0.15, 0.2) is 6.61 Å². The number of nitrogens with one attached hydrogen (secondary N) is 1. The van der Waals surface area contributed by atoms with Gasteiger partial charge >= 0.3 is 5.97 Å². The average molecular weight is 500 g/mol. The third-order valence-electron chi connectivity index (χ3n) is 6.25. The monoisotopic (exact) mass is 499 g/mol. The van der Waals surface area contributed by atoms with Crippen molar-refractivity contribution in [2.24, 2.45) is 0 Å². The smallest absolute Gasteiger partial charge is 0.338 e. The first-order valence-electron chi connectivity index (χ1n) is 11.9. The first-order chi connectivity index (χ1) is 18.0. The molecular weight excluding hydrogens is 474 g/mol. The fourth-order valence-electron chi connectivity index (χ4n) is 4.32. The predicted molar refractivity (Wildman–Crippen MR) is 135 cm³/mol. The van der Waals surface area contributed by atoms with Crippen LogP contribution in [0, 0.1) is 0 Å². The summed E-state index contributed by atoms with van der Waals surface area (Å²) in [7, 11) is 0. The normalized spacial score (nSPS) is 14.9. The van der Waals surface area contributed by atoms with Gasteiger partial charge in [-0.2, -0.15) is 0 Å². The summed E-state index contributed by atoms with van der Waals surface area (Å²) in [5, 5.41) is 2.70. The lowest BCUT2D eigenvalue weighted by Crippen LogP contribution is -2.36. The number of rotatable bonds is 7. The van der Waals surface area contributed by atoms with Crippen LogP contribution in [0.15, 0.2) is 72.8 Å². The lowest BCUT2D eigenvalue weighted by atomic mass is 10.1. The zero-order valence-electron chi connectivity index (χ0n) is 20.0. The molecule has 3 amide bonds. The van der Waals surface area contributed by atoms with E-state index in [0.29, 0.717) is 18.9 Å². The quantitative estimate of drug-likeness (QED) is 0.393. The van der Waals surface area contributed by atoms with E-state index < -0.39 is 30.3 Å². The van der Waals surface area contributed by atoms with Crippen molar-refractivity contribution in [1.82, 2.24) is 4.90 Å². The highest BCUT2D eigenvalue weighted by Gasteiger charge is 2.36. The molecule has 2 aliphatic rings. The van der Waals surface area contributed by atoms with Gasteiger partial charge in [0.2, 0.25) is 0 Å². The molecule has 0 radical (unpaired) electrons. The topological polar surface area (TPSA) is 105 Å². The minimum absolute atomic E-state index is 0.0872. The standard InChI is InChI=1S/C28H25N3O6/c32-25(29-21-7-9-22(10-8-21)30-12-14-36-15-13-30)18-37-28(35)20-6-11-23-24(16-20)27(34)31(26(23)33)17-19-4-2-1-3-5-19/h1-11,16H,12-15,17-18H2,(H,29,32). The highest BCUT2D eigenvalue weighted by atomic mass is 16.5. The largest absolute Gasteiger partial charge is 0.452 e. The molecule has 188 valence electrons. The van der Waals surface area contributed by atoms with E-state index in [1.54, 1.807) is 12.1 Å². The molecule has 2 heterocycles. The van der Waals surface area contributed by atoms with E-state index in [2.05, 4.69) is 10.2 Å². The molecule has 1 fully saturated rings. The number of anilines is 2. The molecule has 5 rings (SSSR count). The predicted octanol–water partition coefficient (Wildman–Crippen LogP) is 3.11.